The second-order valence-corrected chi connectivity index (χ2v) is 7.25. The van der Waals surface area contributed by atoms with Crippen LogP contribution in [0, 0.1) is 0 Å². The number of carboxylic acids is 1. The molecule has 27 heavy (non-hydrogen) atoms. The number of carbonyl (C=O) groups is 1. The summed E-state index contributed by atoms with van der Waals surface area (Å²) in [7, 11) is 0. The van der Waals surface area contributed by atoms with E-state index in [0.29, 0.717) is 6.42 Å². The summed E-state index contributed by atoms with van der Waals surface area (Å²) in [6.07, 6.45) is 20.2. The maximum Gasteiger partial charge on any atom is -0.0623 e. The minimum atomic E-state index is -0.653. The Hall–Kier alpha value is -0.0503. The first-order valence-electron chi connectivity index (χ1n) is 11.0. The Morgan fingerprint density at radius 3 is 1.07 bits per heavy atom. The van der Waals surface area contributed by atoms with Gasteiger partial charge in [0.1, 0.15) is 0 Å². The third-order valence-electron chi connectivity index (χ3n) is 4.66. The van der Waals surface area contributed by atoms with Crippen LogP contribution in [-0.2, 0) is 4.79 Å². The molecular formula is C24H44CaO2. The van der Waals surface area contributed by atoms with E-state index >= 15 is 0 Å². The third-order valence-corrected chi connectivity index (χ3v) is 4.66. The molecule has 1 N–H and O–H groups in total. The predicted octanol–water partition coefficient (Wildman–Crippen LogP) is 7.10. The van der Waals surface area contributed by atoms with Crippen LogP contribution in [0.15, 0.2) is 36.4 Å². The Morgan fingerprint density at radius 1 is 0.556 bits per heavy atom. The Labute approximate surface area is 198 Å². The first-order valence-corrected chi connectivity index (χ1v) is 11.0. The summed E-state index contributed by atoms with van der Waals surface area (Å²) in [4.78, 5) is 10.3. The molecule has 1 rings (SSSR count). The summed E-state index contributed by atoms with van der Waals surface area (Å²) in [6, 6.07) is 12.0. The molecule has 2 nitrogen and oxygen atoms in total. The number of carboxylic acid groups (broad SMARTS) is 1. The molecule has 0 bridgehead atoms. The van der Waals surface area contributed by atoms with Crippen molar-refractivity contribution < 1.29 is 9.90 Å². The van der Waals surface area contributed by atoms with Gasteiger partial charge in [-0.1, -0.05) is 133 Å². The molecule has 3 heteroatoms. The summed E-state index contributed by atoms with van der Waals surface area (Å²) in [5, 5.41) is 8.52. The quantitative estimate of drug-likeness (QED) is 0.235. The van der Waals surface area contributed by atoms with E-state index in [1.165, 1.54) is 83.5 Å². The Bertz CT molecular complexity index is 355. The molecule has 0 heterocycles. The number of hydrogen-bond donors (Lipinski definition) is 1. The predicted molar refractivity (Wildman–Crippen MR) is 122 cm³/mol. The van der Waals surface area contributed by atoms with Gasteiger partial charge in [-0.25, -0.2) is 0 Å². The van der Waals surface area contributed by atoms with Crippen LogP contribution in [0.5, 0.6) is 0 Å². The van der Waals surface area contributed by atoms with E-state index in [2.05, 4.69) is 6.92 Å². The average molecular weight is 405 g/mol. The number of rotatable bonds is 16. The van der Waals surface area contributed by atoms with Crippen molar-refractivity contribution in [2.24, 2.45) is 0 Å². The zero-order valence-corrected chi connectivity index (χ0v) is 17.1. The van der Waals surface area contributed by atoms with E-state index in [-0.39, 0.29) is 37.7 Å². The molecular weight excluding hydrogens is 360 g/mol. The zero-order chi connectivity index (χ0) is 19.1. The van der Waals surface area contributed by atoms with Gasteiger partial charge in [0.25, 0.3) is 0 Å². The first kappa shape index (κ1) is 29.2. The van der Waals surface area contributed by atoms with Crippen LogP contribution >= 0.6 is 0 Å². The normalized spacial score (nSPS) is 9.81. The summed E-state index contributed by atoms with van der Waals surface area (Å²) in [5.74, 6) is -0.653. The maximum absolute atomic E-state index is 10.3. The molecule has 154 valence electrons. The van der Waals surface area contributed by atoms with Gasteiger partial charge in [-0.15, -0.1) is 0 Å². The molecule has 0 aliphatic carbocycles. The van der Waals surface area contributed by atoms with Crippen LogP contribution in [0.4, 0.5) is 0 Å². The molecule has 0 saturated heterocycles. The topological polar surface area (TPSA) is 37.3 Å². The minimum absolute atomic E-state index is 0. The SMILES string of the molecule is CCCCCCCCCCCCCCCCCC(=O)O.[CaH2].c1ccccc1. The van der Waals surface area contributed by atoms with Gasteiger partial charge < -0.3 is 5.11 Å². The second-order valence-electron chi connectivity index (χ2n) is 7.25. The summed E-state index contributed by atoms with van der Waals surface area (Å²) < 4.78 is 0. The van der Waals surface area contributed by atoms with Gasteiger partial charge in [-0.2, -0.15) is 0 Å². The van der Waals surface area contributed by atoms with Gasteiger partial charge in [0, 0.05) is 6.42 Å². The Morgan fingerprint density at radius 2 is 0.815 bits per heavy atom. The van der Waals surface area contributed by atoms with E-state index in [9.17, 15) is 4.79 Å². The molecule has 1 aromatic rings. The Kier molecular flexibility index (Phi) is 28.0. The molecule has 0 aliphatic rings. The van der Waals surface area contributed by atoms with Crippen LogP contribution < -0.4 is 0 Å². The number of hydrogen-bond acceptors (Lipinski definition) is 1. The monoisotopic (exact) mass is 404 g/mol. The molecule has 0 aromatic heterocycles. The summed E-state index contributed by atoms with van der Waals surface area (Å²) in [6.45, 7) is 2.27. The Balaban J connectivity index is 0. The van der Waals surface area contributed by atoms with Gasteiger partial charge in [0.05, 0.1) is 0 Å². The van der Waals surface area contributed by atoms with E-state index in [1.54, 1.807) is 0 Å². The van der Waals surface area contributed by atoms with Crippen molar-refractivity contribution in [1.82, 2.24) is 0 Å². The molecule has 0 spiro atoms. The third kappa shape index (κ3) is 28.3. The summed E-state index contributed by atoms with van der Waals surface area (Å²) in [5.41, 5.74) is 0. The van der Waals surface area contributed by atoms with E-state index in [4.69, 9.17) is 5.11 Å². The van der Waals surface area contributed by atoms with Crippen LogP contribution in [-0.4, -0.2) is 48.8 Å². The summed E-state index contributed by atoms with van der Waals surface area (Å²) >= 11 is 0. The van der Waals surface area contributed by atoms with Gasteiger partial charge in [0.15, 0.2) is 0 Å². The van der Waals surface area contributed by atoms with E-state index < -0.39 is 5.97 Å². The van der Waals surface area contributed by atoms with Crippen molar-refractivity contribution in [3.05, 3.63) is 36.4 Å². The van der Waals surface area contributed by atoms with Crippen LogP contribution in [0.2, 0.25) is 0 Å². The molecule has 0 atom stereocenters. The molecule has 0 saturated carbocycles. The largest absolute Gasteiger partial charge is 0.0623 e. The van der Waals surface area contributed by atoms with Crippen molar-refractivity contribution in [1.29, 1.82) is 0 Å². The number of benzene rings is 1. The van der Waals surface area contributed by atoms with Crippen molar-refractivity contribution in [2.45, 2.75) is 110 Å². The smallest absolute Gasteiger partial charge is 0.0623 e. The van der Waals surface area contributed by atoms with Gasteiger partial charge in [-0.05, 0) is 6.42 Å². The van der Waals surface area contributed by atoms with Gasteiger partial charge in [-0.3, -0.25) is 4.79 Å². The standard InChI is InChI=1S/C18H36O2.C6H6.Ca.2H/c1-2-3-4-5-6-7-8-9-10-11-12-13-14-15-16-17-18(19)20;1-2-4-6-5-3-1;;;/h2-17H2,1H3,(H,19,20);1-6H;;;. The van der Waals surface area contributed by atoms with E-state index in [0.717, 1.165) is 12.8 Å². The molecule has 0 unspecified atom stereocenters. The van der Waals surface area contributed by atoms with Crippen LogP contribution in [0.3, 0.4) is 0 Å². The van der Waals surface area contributed by atoms with Crippen LogP contribution in [0.1, 0.15) is 110 Å². The molecule has 0 amide bonds. The molecule has 0 aliphatic heterocycles. The fraction of sp³-hybridized carbons (Fsp3) is 0.708. The average Bonchev–Trinajstić information content (AvgIpc) is 2.66. The maximum atomic E-state index is 10.3. The van der Waals surface area contributed by atoms with Crippen molar-refractivity contribution in [2.75, 3.05) is 0 Å². The van der Waals surface area contributed by atoms with Crippen LogP contribution in [0.25, 0.3) is 0 Å². The number of unbranched alkanes of at least 4 members (excludes halogenated alkanes) is 14. The first-order chi connectivity index (χ1) is 12.8. The minimum Gasteiger partial charge on any atom is -0.0623 e. The van der Waals surface area contributed by atoms with E-state index in [1.807, 2.05) is 36.4 Å². The molecule has 0 radical (unpaired) electrons. The molecule has 0 fully saturated rings. The van der Waals surface area contributed by atoms with Crippen molar-refractivity contribution >= 4 is 43.7 Å². The van der Waals surface area contributed by atoms with Gasteiger partial charge in [0.2, 0.25) is 0 Å². The zero-order valence-electron chi connectivity index (χ0n) is 17.1. The fourth-order valence-corrected chi connectivity index (χ4v) is 3.03. The van der Waals surface area contributed by atoms with Gasteiger partial charge >= 0.3 is 43.7 Å². The number of aliphatic carboxylic acids is 1. The fourth-order valence-electron chi connectivity index (χ4n) is 3.03. The molecule has 1 aromatic carbocycles. The van der Waals surface area contributed by atoms with Crippen molar-refractivity contribution in [3.8, 4) is 0 Å². The second kappa shape index (κ2) is 25.9. The van der Waals surface area contributed by atoms with Crippen molar-refractivity contribution in [3.63, 3.8) is 0 Å².